The summed E-state index contributed by atoms with van der Waals surface area (Å²) in [5.74, 6) is 0.601. The van der Waals surface area contributed by atoms with Gasteiger partial charge in [-0.2, -0.15) is 0 Å². The zero-order chi connectivity index (χ0) is 25.8. The molecular weight excluding hydrogens is 452 g/mol. The molecule has 0 bridgehead atoms. The molecule has 0 aromatic heterocycles. The van der Waals surface area contributed by atoms with Crippen LogP contribution in [0.1, 0.15) is 36.5 Å². The summed E-state index contributed by atoms with van der Waals surface area (Å²) in [6.45, 7) is 4.76. The van der Waals surface area contributed by atoms with Crippen LogP contribution in [0.3, 0.4) is 0 Å². The van der Waals surface area contributed by atoms with Crippen LogP contribution in [0.15, 0.2) is 78.9 Å². The Kier molecular flexibility index (Phi) is 10.4. The predicted octanol–water partition coefficient (Wildman–Crippen LogP) is 4.94. The first kappa shape index (κ1) is 26.8. The monoisotopic (exact) mass is 488 g/mol. The van der Waals surface area contributed by atoms with Gasteiger partial charge in [0.25, 0.3) is 5.91 Å². The zero-order valence-electron chi connectivity index (χ0n) is 21.4. The number of rotatable bonds is 13. The van der Waals surface area contributed by atoms with Gasteiger partial charge in [0.2, 0.25) is 5.91 Å². The third kappa shape index (κ3) is 7.87. The second kappa shape index (κ2) is 13.9. The quantitative estimate of drug-likeness (QED) is 0.346. The van der Waals surface area contributed by atoms with Crippen LogP contribution >= 0.6 is 0 Å². The minimum atomic E-state index is -0.682. The van der Waals surface area contributed by atoms with Crippen LogP contribution in [0.4, 0.5) is 0 Å². The van der Waals surface area contributed by atoms with Crippen molar-refractivity contribution in [2.45, 2.75) is 45.7 Å². The highest BCUT2D eigenvalue weighted by Gasteiger charge is 2.30. The summed E-state index contributed by atoms with van der Waals surface area (Å²) in [6.07, 6.45) is 2.26. The molecule has 0 saturated carbocycles. The van der Waals surface area contributed by atoms with Crippen LogP contribution in [0, 0.1) is 6.92 Å². The number of carbonyl (C=O) groups is 2. The third-order valence-corrected chi connectivity index (χ3v) is 5.96. The van der Waals surface area contributed by atoms with Crippen molar-refractivity contribution >= 4 is 11.8 Å². The smallest absolute Gasteiger partial charge is 0.261 e. The highest BCUT2D eigenvalue weighted by Crippen LogP contribution is 2.26. The van der Waals surface area contributed by atoms with E-state index >= 15 is 0 Å². The summed E-state index contributed by atoms with van der Waals surface area (Å²) >= 11 is 0. The first-order valence-electron chi connectivity index (χ1n) is 12.4. The third-order valence-electron chi connectivity index (χ3n) is 5.96. The lowest BCUT2D eigenvalue weighted by Crippen LogP contribution is -2.51. The van der Waals surface area contributed by atoms with Crippen molar-refractivity contribution in [2.75, 3.05) is 20.3 Å². The van der Waals surface area contributed by atoms with Crippen molar-refractivity contribution in [1.82, 2.24) is 10.2 Å². The number of amides is 2. The van der Waals surface area contributed by atoms with E-state index in [0.717, 1.165) is 29.5 Å². The number of methoxy groups -OCH3 is 1. The van der Waals surface area contributed by atoms with Crippen molar-refractivity contribution < 1.29 is 19.1 Å². The maximum Gasteiger partial charge on any atom is 0.261 e. The lowest BCUT2D eigenvalue weighted by Gasteiger charge is -2.31. The van der Waals surface area contributed by atoms with Crippen LogP contribution in [-0.2, 0) is 22.6 Å². The van der Waals surface area contributed by atoms with E-state index in [0.29, 0.717) is 31.0 Å². The molecule has 0 heterocycles. The molecule has 6 nitrogen and oxygen atoms in total. The van der Waals surface area contributed by atoms with Gasteiger partial charge in [-0.3, -0.25) is 9.59 Å². The Labute approximate surface area is 214 Å². The molecule has 1 unspecified atom stereocenters. The van der Waals surface area contributed by atoms with E-state index in [1.165, 1.54) is 0 Å². The molecule has 0 aliphatic rings. The van der Waals surface area contributed by atoms with E-state index in [9.17, 15) is 9.59 Å². The Balaban J connectivity index is 1.90. The molecule has 0 fully saturated rings. The van der Waals surface area contributed by atoms with Crippen molar-refractivity contribution in [1.29, 1.82) is 0 Å². The van der Waals surface area contributed by atoms with Crippen LogP contribution in [0.2, 0.25) is 0 Å². The summed E-state index contributed by atoms with van der Waals surface area (Å²) in [5, 5.41) is 3.03. The number of para-hydroxylation sites is 2. The van der Waals surface area contributed by atoms with E-state index in [2.05, 4.69) is 12.2 Å². The zero-order valence-corrected chi connectivity index (χ0v) is 21.4. The molecule has 0 spiro atoms. The van der Waals surface area contributed by atoms with Gasteiger partial charge >= 0.3 is 0 Å². The van der Waals surface area contributed by atoms with E-state index < -0.39 is 6.04 Å². The molecule has 0 saturated heterocycles. The normalized spacial score (nSPS) is 11.4. The molecule has 0 radical (unpaired) electrons. The minimum absolute atomic E-state index is 0.161. The molecule has 3 aromatic rings. The standard InChI is InChI=1S/C30H36N2O4/c1-4-5-18-31-30(34)26(20-24-13-7-6-8-14-24)32(21-25-15-11-12-23(2)19-25)29(33)22-36-28-17-10-9-16-27(28)35-3/h6-17,19,26H,4-5,18,20-22H2,1-3H3,(H,31,34). The van der Waals surface area contributed by atoms with E-state index in [-0.39, 0.29) is 18.4 Å². The number of nitrogens with one attached hydrogen (secondary N) is 1. The highest BCUT2D eigenvalue weighted by atomic mass is 16.5. The fraction of sp³-hybridized carbons (Fsp3) is 0.333. The Bertz CT molecular complexity index is 1120. The van der Waals surface area contributed by atoms with Gasteiger partial charge < -0.3 is 19.7 Å². The summed E-state index contributed by atoms with van der Waals surface area (Å²) in [6, 6.07) is 24.3. The van der Waals surface area contributed by atoms with Gasteiger partial charge in [-0.05, 0) is 36.6 Å². The maximum atomic E-state index is 13.7. The molecule has 1 N–H and O–H groups in total. The molecular formula is C30H36N2O4. The second-order valence-electron chi connectivity index (χ2n) is 8.80. The van der Waals surface area contributed by atoms with Gasteiger partial charge in [0.15, 0.2) is 18.1 Å². The van der Waals surface area contributed by atoms with Gasteiger partial charge in [0, 0.05) is 19.5 Å². The van der Waals surface area contributed by atoms with Crippen molar-refractivity contribution in [3.63, 3.8) is 0 Å². The number of unbranched alkanes of at least 4 members (excludes halogenated alkanes) is 1. The lowest BCUT2D eigenvalue weighted by atomic mass is 10.0. The van der Waals surface area contributed by atoms with Gasteiger partial charge in [0.05, 0.1) is 7.11 Å². The average Bonchev–Trinajstić information content (AvgIpc) is 2.90. The minimum Gasteiger partial charge on any atom is -0.493 e. The molecule has 3 rings (SSSR count). The number of hydrogen-bond acceptors (Lipinski definition) is 4. The van der Waals surface area contributed by atoms with E-state index in [1.54, 1.807) is 24.1 Å². The second-order valence-corrected chi connectivity index (χ2v) is 8.80. The molecule has 36 heavy (non-hydrogen) atoms. The summed E-state index contributed by atoms with van der Waals surface area (Å²) < 4.78 is 11.2. The average molecular weight is 489 g/mol. The summed E-state index contributed by atoms with van der Waals surface area (Å²) in [4.78, 5) is 28.7. The summed E-state index contributed by atoms with van der Waals surface area (Å²) in [7, 11) is 1.56. The largest absolute Gasteiger partial charge is 0.493 e. The summed E-state index contributed by atoms with van der Waals surface area (Å²) in [5.41, 5.74) is 3.04. The number of aryl methyl sites for hydroxylation is 1. The van der Waals surface area contributed by atoms with E-state index in [4.69, 9.17) is 9.47 Å². The number of hydrogen-bond donors (Lipinski definition) is 1. The predicted molar refractivity (Wildman–Crippen MR) is 142 cm³/mol. The Morgan fingerprint density at radius 2 is 1.61 bits per heavy atom. The van der Waals surface area contributed by atoms with Gasteiger partial charge in [-0.15, -0.1) is 0 Å². The number of carbonyl (C=O) groups excluding carboxylic acids is 2. The molecule has 0 aliphatic carbocycles. The lowest BCUT2D eigenvalue weighted by molar-refractivity contribution is -0.142. The van der Waals surface area contributed by atoms with Crippen LogP contribution < -0.4 is 14.8 Å². The fourth-order valence-electron chi connectivity index (χ4n) is 4.03. The molecule has 3 aromatic carbocycles. The van der Waals surface area contributed by atoms with Crippen LogP contribution in [0.25, 0.3) is 0 Å². The number of benzene rings is 3. The first-order valence-corrected chi connectivity index (χ1v) is 12.4. The number of ether oxygens (including phenoxy) is 2. The van der Waals surface area contributed by atoms with Crippen molar-refractivity contribution in [3.05, 3.63) is 95.6 Å². The van der Waals surface area contributed by atoms with Crippen LogP contribution in [0.5, 0.6) is 11.5 Å². The first-order chi connectivity index (χ1) is 17.5. The van der Waals surface area contributed by atoms with Crippen molar-refractivity contribution in [2.24, 2.45) is 0 Å². The SMILES string of the molecule is CCCCNC(=O)C(Cc1ccccc1)N(Cc1cccc(C)c1)C(=O)COc1ccccc1OC. The Morgan fingerprint density at radius 1 is 0.917 bits per heavy atom. The van der Waals surface area contributed by atoms with Crippen LogP contribution in [-0.4, -0.2) is 43.0 Å². The Hall–Kier alpha value is -3.80. The van der Waals surface area contributed by atoms with Gasteiger partial charge in [-0.1, -0.05) is 85.6 Å². The fourth-order valence-corrected chi connectivity index (χ4v) is 4.03. The molecule has 1 atom stereocenters. The van der Waals surface area contributed by atoms with E-state index in [1.807, 2.05) is 73.7 Å². The Morgan fingerprint density at radius 3 is 2.31 bits per heavy atom. The van der Waals surface area contributed by atoms with Gasteiger partial charge in [0.1, 0.15) is 6.04 Å². The topological polar surface area (TPSA) is 67.9 Å². The molecule has 6 heteroatoms. The van der Waals surface area contributed by atoms with Gasteiger partial charge in [-0.25, -0.2) is 0 Å². The molecule has 2 amide bonds. The number of nitrogens with zero attached hydrogens (tertiary/aromatic N) is 1. The highest BCUT2D eigenvalue weighted by molar-refractivity contribution is 5.88. The molecule has 190 valence electrons. The molecule has 0 aliphatic heterocycles. The van der Waals surface area contributed by atoms with Crippen molar-refractivity contribution in [3.8, 4) is 11.5 Å². The maximum absolute atomic E-state index is 13.7.